The molecule has 2 aromatic rings. The minimum atomic E-state index is 0.109. The van der Waals surface area contributed by atoms with Crippen molar-refractivity contribution in [2.45, 2.75) is 52.2 Å². The number of carbonyl (C=O) groups is 1. The largest absolute Gasteiger partial charge is 0.489 e. The smallest absolute Gasteiger partial charge is 0.274 e. The average Bonchev–Trinajstić information content (AvgIpc) is 2.94. The molecule has 0 unspecified atom stereocenters. The molecule has 0 bridgehead atoms. The van der Waals surface area contributed by atoms with Crippen LogP contribution in [0.1, 0.15) is 40.0 Å². The Morgan fingerprint density at radius 1 is 1.38 bits per heavy atom. The summed E-state index contributed by atoms with van der Waals surface area (Å²) in [7, 11) is 0. The van der Waals surface area contributed by atoms with Gasteiger partial charge in [0.05, 0.1) is 22.9 Å². The van der Waals surface area contributed by atoms with E-state index in [-0.39, 0.29) is 23.9 Å². The first-order valence-corrected chi connectivity index (χ1v) is 10.1. The van der Waals surface area contributed by atoms with E-state index in [0.29, 0.717) is 35.6 Å². The molecule has 0 spiro atoms. The molecule has 1 atom stereocenters. The van der Waals surface area contributed by atoms with Gasteiger partial charge in [-0.25, -0.2) is 4.98 Å². The van der Waals surface area contributed by atoms with Crippen LogP contribution in [0.2, 0.25) is 5.02 Å². The first-order valence-electron chi connectivity index (χ1n) is 8.95. The number of carbonyl (C=O) groups excluding carboxylic acids is 1. The Kier molecular flexibility index (Phi) is 6.37. The highest BCUT2D eigenvalue weighted by Crippen LogP contribution is 2.40. The van der Waals surface area contributed by atoms with Crippen LogP contribution in [0.25, 0.3) is 10.2 Å². The standard InChI is InChI=1S/C19H24ClNO4S/c1-4-23-19-21-15-5-6-16(17(20)18(15)26-19)25-14-8-13(9-14)24-10-11(2)7-12(3)22/h5-6,11,13-14H,4,7-10H2,1-3H3/t11-,13?,14?/m1/s1. The van der Waals surface area contributed by atoms with Crippen LogP contribution in [0.4, 0.5) is 0 Å². The fraction of sp³-hybridized carbons (Fsp3) is 0.579. The summed E-state index contributed by atoms with van der Waals surface area (Å²) in [6.45, 7) is 6.78. The zero-order chi connectivity index (χ0) is 18.7. The summed E-state index contributed by atoms with van der Waals surface area (Å²) in [5.41, 5.74) is 0.824. The van der Waals surface area contributed by atoms with Crippen molar-refractivity contribution in [1.29, 1.82) is 0 Å². The molecule has 1 heterocycles. The zero-order valence-electron chi connectivity index (χ0n) is 15.3. The molecule has 0 radical (unpaired) electrons. The summed E-state index contributed by atoms with van der Waals surface area (Å²) < 4.78 is 18.2. The SMILES string of the molecule is CCOc1nc2ccc(OC3CC(OC[C@H](C)CC(C)=O)C3)c(Cl)c2s1. The number of fused-ring (bicyclic) bond motifs is 1. The third-order valence-electron chi connectivity index (χ3n) is 4.31. The van der Waals surface area contributed by atoms with Crippen LogP contribution in [0.5, 0.6) is 10.9 Å². The Labute approximate surface area is 162 Å². The van der Waals surface area contributed by atoms with Gasteiger partial charge in [0.1, 0.15) is 22.7 Å². The number of aromatic nitrogens is 1. The lowest BCUT2D eigenvalue weighted by Gasteiger charge is -2.35. The maximum absolute atomic E-state index is 11.1. The van der Waals surface area contributed by atoms with Gasteiger partial charge in [-0.1, -0.05) is 29.9 Å². The molecule has 0 N–H and O–H groups in total. The highest BCUT2D eigenvalue weighted by atomic mass is 35.5. The Morgan fingerprint density at radius 2 is 2.15 bits per heavy atom. The lowest BCUT2D eigenvalue weighted by Crippen LogP contribution is -2.40. The summed E-state index contributed by atoms with van der Waals surface area (Å²) in [5, 5.41) is 1.21. The molecule has 1 fully saturated rings. The zero-order valence-corrected chi connectivity index (χ0v) is 16.9. The van der Waals surface area contributed by atoms with E-state index in [9.17, 15) is 4.79 Å². The third-order valence-corrected chi connectivity index (χ3v) is 5.80. The first-order chi connectivity index (χ1) is 12.5. The van der Waals surface area contributed by atoms with Crippen molar-refractivity contribution in [3.8, 4) is 10.9 Å². The van der Waals surface area contributed by atoms with Crippen molar-refractivity contribution in [2.24, 2.45) is 5.92 Å². The van der Waals surface area contributed by atoms with Gasteiger partial charge in [0.15, 0.2) is 0 Å². The van der Waals surface area contributed by atoms with Crippen molar-refractivity contribution in [1.82, 2.24) is 4.98 Å². The van der Waals surface area contributed by atoms with Gasteiger partial charge in [-0.2, -0.15) is 0 Å². The van der Waals surface area contributed by atoms with Gasteiger partial charge < -0.3 is 19.0 Å². The van der Waals surface area contributed by atoms with Gasteiger partial charge in [-0.05, 0) is 31.9 Å². The van der Waals surface area contributed by atoms with Gasteiger partial charge >= 0.3 is 0 Å². The monoisotopic (exact) mass is 397 g/mol. The highest BCUT2D eigenvalue weighted by molar-refractivity contribution is 7.20. The molecule has 0 saturated heterocycles. The molecular weight excluding hydrogens is 374 g/mol. The van der Waals surface area contributed by atoms with Gasteiger partial charge in [-0.3, -0.25) is 0 Å². The van der Waals surface area contributed by atoms with Crippen LogP contribution in [-0.4, -0.2) is 36.2 Å². The van der Waals surface area contributed by atoms with Gasteiger partial charge in [0.2, 0.25) is 0 Å². The molecule has 1 aliphatic carbocycles. The van der Waals surface area contributed by atoms with Gasteiger partial charge in [-0.15, -0.1) is 0 Å². The van der Waals surface area contributed by atoms with Crippen LogP contribution in [-0.2, 0) is 9.53 Å². The number of benzene rings is 1. The normalized spacial score (nSPS) is 20.6. The van der Waals surface area contributed by atoms with Crippen LogP contribution in [0, 0.1) is 5.92 Å². The Bertz CT molecular complexity index is 772. The van der Waals surface area contributed by atoms with E-state index in [0.717, 1.165) is 23.1 Å². The maximum atomic E-state index is 11.1. The number of nitrogens with zero attached hydrogens (tertiary/aromatic N) is 1. The van der Waals surface area contributed by atoms with E-state index < -0.39 is 0 Å². The number of ether oxygens (including phenoxy) is 3. The lowest BCUT2D eigenvalue weighted by atomic mass is 9.91. The molecule has 5 nitrogen and oxygen atoms in total. The molecular formula is C19H24ClNO4S. The molecule has 3 rings (SSSR count). The van der Waals surface area contributed by atoms with Crippen LogP contribution >= 0.6 is 22.9 Å². The van der Waals surface area contributed by atoms with Gasteiger partial charge in [0.25, 0.3) is 5.19 Å². The van der Waals surface area contributed by atoms with E-state index in [4.69, 9.17) is 25.8 Å². The predicted molar refractivity (Wildman–Crippen MR) is 104 cm³/mol. The second-order valence-electron chi connectivity index (χ2n) is 6.82. The Balaban J connectivity index is 1.51. The molecule has 26 heavy (non-hydrogen) atoms. The topological polar surface area (TPSA) is 57.6 Å². The van der Waals surface area contributed by atoms with E-state index in [1.165, 1.54) is 11.3 Å². The number of hydrogen-bond donors (Lipinski definition) is 0. The van der Waals surface area contributed by atoms with Crippen molar-refractivity contribution in [3.05, 3.63) is 17.2 Å². The number of rotatable bonds is 9. The summed E-state index contributed by atoms with van der Waals surface area (Å²) in [4.78, 5) is 15.5. The molecule has 0 amide bonds. The van der Waals surface area contributed by atoms with Crippen molar-refractivity contribution in [2.75, 3.05) is 13.2 Å². The van der Waals surface area contributed by atoms with Crippen molar-refractivity contribution in [3.63, 3.8) is 0 Å². The molecule has 7 heteroatoms. The highest BCUT2D eigenvalue weighted by Gasteiger charge is 2.32. The molecule has 1 saturated carbocycles. The van der Waals surface area contributed by atoms with Crippen molar-refractivity contribution < 1.29 is 19.0 Å². The van der Waals surface area contributed by atoms with E-state index >= 15 is 0 Å². The molecule has 0 aliphatic heterocycles. The maximum Gasteiger partial charge on any atom is 0.274 e. The lowest BCUT2D eigenvalue weighted by molar-refractivity contribution is -0.119. The fourth-order valence-electron chi connectivity index (χ4n) is 2.98. The van der Waals surface area contributed by atoms with E-state index in [1.807, 2.05) is 26.0 Å². The minimum Gasteiger partial charge on any atom is -0.489 e. The number of hydrogen-bond acceptors (Lipinski definition) is 6. The number of Topliss-reactive ketones (excluding diaryl/α,β-unsaturated/α-hetero) is 1. The van der Waals surface area contributed by atoms with E-state index in [2.05, 4.69) is 4.98 Å². The summed E-state index contributed by atoms with van der Waals surface area (Å²) in [6.07, 6.45) is 2.56. The predicted octanol–water partition coefficient (Wildman–Crippen LogP) is 4.89. The Hall–Kier alpha value is -1.37. The van der Waals surface area contributed by atoms with Crippen LogP contribution in [0.15, 0.2) is 12.1 Å². The number of halogens is 1. The minimum absolute atomic E-state index is 0.109. The quantitative estimate of drug-likeness (QED) is 0.602. The Morgan fingerprint density at radius 3 is 2.85 bits per heavy atom. The van der Waals surface area contributed by atoms with Gasteiger partial charge in [0, 0.05) is 25.9 Å². The third kappa shape index (κ3) is 4.67. The van der Waals surface area contributed by atoms with E-state index in [1.54, 1.807) is 6.92 Å². The fourth-order valence-corrected chi connectivity index (χ4v) is 4.20. The van der Waals surface area contributed by atoms with Crippen LogP contribution < -0.4 is 9.47 Å². The first kappa shape index (κ1) is 19.4. The summed E-state index contributed by atoms with van der Waals surface area (Å²) in [6, 6.07) is 3.77. The molecule has 1 aromatic heterocycles. The summed E-state index contributed by atoms with van der Waals surface area (Å²) in [5.74, 6) is 1.14. The average molecular weight is 398 g/mol. The van der Waals surface area contributed by atoms with Crippen LogP contribution in [0.3, 0.4) is 0 Å². The number of ketones is 1. The molecule has 142 valence electrons. The molecule has 1 aromatic carbocycles. The second kappa shape index (κ2) is 8.55. The van der Waals surface area contributed by atoms with Crippen molar-refractivity contribution >= 4 is 38.9 Å². The number of thiazole rings is 1. The summed E-state index contributed by atoms with van der Waals surface area (Å²) >= 11 is 7.93. The molecule has 1 aliphatic rings. The second-order valence-corrected chi connectivity index (χ2v) is 8.16.